The van der Waals surface area contributed by atoms with Crippen LogP contribution in [-0.4, -0.2) is 42.8 Å². The Morgan fingerprint density at radius 3 is 2.30 bits per heavy atom. The lowest BCUT2D eigenvalue weighted by atomic mass is 10.1. The van der Waals surface area contributed by atoms with Gasteiger partial charge in [0.05, 0.1) is 13.5 Å². The zero-order valence-electron chi connectivity index (χ0n) is 18.2. The van der Waals surface area contributed by atoms with Gasteiger partial charge in [-0.2, -0.15) is 0 Å². The Bertz CT molecular complexity index is 720. The quantitative estimate of drug-likeness (QED) is 0.627. The average Bonchev–Trinajstić information content (AvgIpc) is 3.17. The van der Waals surface area contributed by atoms with Gasteiger partial charge in [-0.15, -0.1) is 0 Å². The number of alkyl carbamates (subject to hydrolysis) is 1. The summed E-state index contributed by atoms with van der Waals surface area (Å²) >= 11 is 0. The monoisotopic (exact) mass is 420 g/mol. The molecule has 0 aromatic heterocycles. The Morgan fingerprint density at radius 1 is 1.10 bits per heavy atom. The third-order valence-corrected chi connectivity index (χ3v) is 4.63. The predicted octanol–water partition coefficient (Wildman–Crippen LogP) is 3.08. The molecule has 8 heteroatoms. The average molecular weight is 421 g/mol. The largest absolute Gasteiger partial charge is 0.497 e. The molecular weight excluding hydrogens is 388 g/mol. The first kappa shape index (κ1) is 23.5. The molecule has 2 N–H and O–H groups in total. The van der Waals surface area contributed by atoms with Gasteiger partial charge in [0.1, 0.15) is 24.0 Å². The standard InChI is InChI=1S/C22H32N2O6/c1-22(2,3)30-21(27)24-18(13-19(25)23-16-7-5-6-8-16)20(26)29-14-15-9-11-17(28-4)12-10-15/h9-12,16,18H,5-8,13-14H2,1-4H3,(H,23,25)(H,24,27)/t18-/m0/s1. The molecule has 1 aromatic carbocycles. The van der Waals surface area contributed by atoms with Crippen LogP contribution in [0.15, 0.2) is 24.3 Å². The zero-order valence-corrected chi connectivity index (χ0v) is 18.2. The molecule has 0 unspecified atom stereocenters. The van der Waals surface area contributed by atoms with E-state index < -0.39 is 23.7 Å². The highest BCUT2D eigenvalue weighted by atomic mass is 16.6. The van der Waals surface area contributed by atoms with E-state index in [0.717, 1.165) is 31.2 Å². The van der Waals surface area contributed by atoms with Crippen molar-refractivity contribution in [3.05, 3.63) is 29.8 Å². The summed E-state index contributed by atoms with van der Waals surface area (Å²) in [5.41, 5.74) is 0.0314. The minimum absolute atomic E-state index is 0.0135. The van der Waals surface area contributed by atoms with Crippen molar-refractivity contribution in [3.8, 4) is 5.75 Å². The third-order valence-electron chi connectivity index (χ3n) is 4.63. The molecule has 1 fully saturated rings. The van der Waals surface area contributed by atoms with Crippen molar-refractivity contribution < 1.29 is 28.6 Å². The molecule has 0 heterocycles. The number of benzene rings is 1. The summed E-state index contributed by atoms with van der Waals surface area (Å²) < 4.78 is 15.7. The van der Waals surface area contributed by atoms with Crippen molar-refractivity contribution in [1.82, 2.24) is 10.6 Å². The molecule has 0 bridgehead atoms. The maximum atomic E-state index is 12.6. The van der Waals surface area contributed by atoms with Gasteiger partial charge in [0, 0.05) is 6.04 Å². The van der Waals surface area contributed by atoms with E-state index in [0.29, 0.717) is 5.75 Å². The number of nitrogens with one attached hydrogen (secondary N) is 2. The molecule has 30 heavy (non-hydrogen) atoms. The van der Waals surface area contributed by atoms with Crippen LogP contribution in [0.3, 0.4) is 0 Å². The fourth-order valence-corrected chi connectivity index (χ4v) is 3.16. The number of rotatable bonds is 8. The highest BCUT2D eigenvalue weighted by Gasteiger charge is 2.29. The molecule has 2 rings (SSSR count). The van der Waals surface area contributed by atoms with Crippen molar-refractivity contribution in [2.24, 2.45) is 0 Å². The smallest absolute Gasteiger partial charge is 0.408 e. The highest BCUT2D eigenvalue weighted by molar-refractivity contribution is 5.88. The van der Waals surface area contributed by atoms with Crippen LogP contribution in [0.1, 0.15) is 58.4 Å². The number of amides is 2. The van der Waals surface area contributed by atoms with Gasteiger partial charge in [0.25, 0.3) is 0 Å². The van der Waals surface area contributed by atoms with E-state index in [-0.39, 0.29) is 25.0 Å². The molecular formula is C22H32N2O6. The Balaban J connectivity index is 1.97. The van der Waals surface area contributed by atoms with Gasteiger partial charge >= 0.3 is 12.1 Å². The van der Waals surface area contributed by atoms with E-state index in [9.17, 15) is 14.4 Å². The van der Waals surface area contributed by atoms with Gasteiger partial charge in [0.15, 0.2) is 0 Å². The summed E-state index contributed by atoms with van der Waals surface area (Å²) in [5, 5.41) is 5.39. The molecule has 1 atom stereocenters. The molecule has 1 aromatic rings. The number of methoxy groups -OCH3 is 1. The lowest BCUT2D eigenvalue weighted by Gasteiger charge is -2.23. The first-order valence-electron chi connectivity index (χ1n) is 10.2. The van der Waals surface area contributed by atoms with Crippen molar-refractivity contribution in [2.75, 3.05) is 7.11 Å². The van der Waals surface area contributed by atoms with Gasteiger partial charge in [0.2, 0.25) is 5.91 Å². The molecule has 0 aliphatic heterocycles. The van der Waals surface area contributed by atoms with Crippen LogP contribution in [0.2, 0.25) is 0 Å². The van der Waals surface area contributed by atoms with Crippen LogP contribution in [0, 0.1) is 0 Å². The van der Waals surface area contributed by atoms with Crippen molar-refractivity contribution in [2.45, 2.75) is 77.2 Å². The second-order valence-electron chi connectivity index (χ2n) is 8.41. The molecule has 0 saturated heterocycles. The predicted molar refractivity (Wildman–Crippen MR) is 111 cm³/mol. The Hall–Kier alpha value is -2.77. The lowest BCUT2D eigenvalue weighted by Crippen LogP contribution is -2.47. The summed E-state index contributed by atoms with van der Waals surface area (Å²) in [7, 11) is 1.57. The number of hydrogen-bond donors (Lipinski definition) is 2. The van der Waals surface area contributed by atoms with Crippen LogP contribution in [0.5, 0.6) is 5.75 Å². The molecule has 8 nitrogen and oxygen atoms in total. The van der Waals surface area contributed by atoms with Gasteiger partial charge in [-0.05, 0) is 51.3 Å². The van der Waals surface area contributed by atoms with Crippen LogP contribution in [-0.2, 0) is 25.7 Å². The van der Waals surface area contributed by atoms with E-state index >= 15 is 0 Å². The Kier molecular flexibility index (Phi) is 8.50. The first-order chi connectivity index (χ1) is 14.2. The molecule has 166 valence electrons. The van der Waals surface area contributed by atoms with Crippen LogP contribution < -0.4 is 15.4 Å². The molecule has 1 aliphatic carbocycles. The van der Waals surface area contributed by atoms with Crippen molar-refractivity contribution in [3.63, 3.8) is 0 Å². The highest BCUT2D eigenvalue weighted by Crippen LogP contribution is 2.18. The maximum absolute atomic E-state index is 12.6. The molecule has 1 saturated carbocycles. The molecule has 1 aliphatic rings. The van der Waals surface area contributed by atoms with Crippen molar-refractivity contribution in [1.29, 1.82) is 0 Å². The van der Waals surface area contributed by atoms with E-state index in [2.05, 4.69) is 10.6 Å². The number of esters is 1. The fourth-order valence-electron chi connectivity index (χ4n) is 3.16. The van der Waals surface area contributed by atoms with E-state index in [4.69, 9.17) is 14.2 Å². The number of carbonyl (C=O) groups excluding carboxylic acids is 3. The van der Waals surface area contributed by atoms with E-state index in [1.54, 1.807) is 52.1 Å². The summed E-state index contributed by atoms with van der Waals surface area (Å²) in [6.45, 7) is 5.17. The summed E-state index contributed by atoms with van der Waals surface area (Å²) in [6.07, 6.45) is 3.03. The summed E-state index contributed by atoms with van der Waals surface area (Å²) in [4.78, 5) is 37.2. The Morgan fingerprint density at radius 2 is 1.73 bits per heavy atom. The second-order valence-corrected chi connectivity index (χ2v) is 8.41. The topological polar surface area (TPSA) is 103 Å². The molecule has 0 radical (unpaired) electrons. The normalized spacial score (nSPS) is 15.2. The third kappa shape index (κ3) is 8.31. The second kappa shape index (κ2) is 10.8. The number of carbonyl (C=O) groups is 3. The maximum Gasteiger partial charge on any atom is 0.408 e. The van der Waals surface area contributed by atoms with E-state index in [1.165, 1.54) is 0 Å². The van der Waals surface area contributed by atoms with Gasteiger partial charge in [-0.3, -0.25) is 4.79 Å². The van der Waals surface area contributed by atoms with E-state index in [1.807, 2.05) is 0 Å². The van der Waals surface area contributed by atoms with Crippen LogP contribution >= 0.6 is 0 Å². The van der Waals surface area contributed by atoms with Crippen LogP contribution in [0.25, 0.3) is 0 Å². The number of ether oxygens (including phenoxy) is 3. The zero-order chi connectivity index (χ0) is 22.1. The SMILES string of the molecule is COc1ccc(COC(=O)[C@H](CC(=O)NC2CCCC2)NC(=O)OC(C)(C)C)cc1. The summed E-state index contributed by atoms with van der Waals surface area (Å²) in [6, 6.07) is 6.04. The minimum atomic E-state index is -1.14. The minimum Gasteiger partial charge on any atom is -0.497 e. The van der Waals surface area contributed by atoms with Gasteiger partial charge < -0.3 is 24.8 Å². The lowest BCUT2D eigenvalue weighted by molar-refractivity contribution is -0.149. The number of hydrogen-bond acceptors (Lipinski definition) is 6. The van der Waals surface area contributed by atoms with Gasteiger partial charge in [-0.1, -0.05) is 25.0 Å². The van der Waals surface area contributed by atoms with Crippen molar-refractivity contribution >= 4 is 18.0 Å². The molecule has 2 amide bonds. The Labute approximate surface area is 177 Å². The molecule has 0 spiro atoms. The van der Waals surface area contributed by atoms with Crippen LogP contribution in [0.4, 0.5) is 4.79 Å². The fraction of sp³-hybridized carbons (Fsp3) is 0.591. The first-order valence-corrected chi connectivity index (χ1v) is 10.2. The summed E-state index contributed by atoms with van der Waals surface area (Å²) in [5.74, 6) is -0.305. The van der Waals surface area contributed by atoms with Gasteiger partial charge in [-0.25, -0.2) is 9.59 Å².